The van der Waals surface area contributed by atoms with Crippen LogP contribution in [0.25, 0.3) is 0 Å². The number of rotatable bonds is 8. The number of carbonyl (C=O) groups is 4. The molecule has 1 heterocycles. The highest BCUT2D eigenvalue weighted by Crippen LogP contribution is 2.10. The second kappa shape index (κ2) is 12.7. The van der Waals surface area contributed by atoms with Gasteiger partial charge in [0.1, 0.15) is 24.2 Å². The van der Waals surface area contributed by atoms with Gasteiger partial charge in [-0.05, 0) is 27.7 Å². The third-order valence-electron chi connectivity index (χ3n) is 6.32. The molecule has 1 aliphatic rings. The van der Waals surface area contributed by atoms with Crippen LogP contribution in [-0.2, 0) is 19.2 Å². The Morgan fingerprint density at radius 1 is 0.438 bits per heavy atom. The van der Waals surface area contributed by atoms with Gasteiger partial charge in [0.15, 0.2) is 0 Å². The average molecular weight is 461 g/mol. The Morgan fingerprint density at radius 3 is 0.656 bits per heavy atom. The first-order valence-corrected chi connectivity index (χ1v) is 10.7. The molecular weight excluding hydrogens is 424 g/mol. The van der Waals surface area contributed by atoms with Crippen molar-refractivity contribution < 1.29 is 39.6 Å². The maximum Gasteiger partial charge on any atom is 0.320 e. The van der Waals surface area contributed by atoms with Crippen LogP contribution in [0.3, 0.4) is 0 Å². The van der Waals surface area contributed by atoms with Crippen molar-refractivity contribution in [2.75, 3.05) is 52.4 Å². The maximum atomic E-state index is 11.6. The van der Waals surface area contributed by atoms with E-state index in [4.69, 9.17) is 0 Å². The third kappa shape index (κ3) is 8.01. The standard InChI is InChI=1S/C20H36N4O8/c1-13(17(25)26)21-5-7-22(14(2)18(27)28)9-11-24(16(4)20(31)32)12-10-23(8-6-21)15(3)19(29)30/h13-16H,5-12H2,1-4H3,(H,25,26)(H,27,28)(H,29,30)(H,31,32)/t13-,14-,15+,16+. The molecule has 0 amide bonds. The van der Waals surface area contributed by atoms with E-state index in [0.717, 1.165) is 0 Å². The van der Waals surface area contributed by atoms with Crippen molar-refractivity contribution in [1.82, 2.24) is 19.6 Å². The summed E-state index contributed by atoms with van der Waals surface area (Å²) < 4.78 is 0. The number of aliphatic carboxylic acids is 4. The maximum absolute atomic E-state index is 11.6. The van der Waals surface area contributed by atoms with Crippen LogP contribution in [0.4, 0.5) is 0 Å². The highest BCUT2D eigenvalue weighted by molar-refractivity contribution is 5.74. The molecule has 12 nitrogen and oxygen atoms in total. The molecule has 1 aliphatic heterocycles. The van der Waals surface area contributed by atoms with E-state index in [2.05, 4.69) is 0 Å². The first-order chi connectivity index (χ1) is 14.9. The Balaban J connectivity index is 3.21. The lowest BCUT2D eigenvalue weighted by atomic mass is 10.2. The van der Waals surface area contributed by atoms with Gasteiger partial charge >= 0.3 is 23.9 Å². The Hall–Kier alpha value is -2.28. The van der Waals surface area contributed by atoms with Gasteiger partial charge in [-0.25, -0.2) is 0 Å². The molecule has 0 aromatic rings. The van der Waals surface area contributed by atoms with E-state index in [1.165, 1.54) is 0 Å². The van der Waals surface area contributed by atoms with Crippen LogP contribution in [0.1, 0.15) is 27.7 Å². The summed E-state index contributed by atoms with van der Waals surface area (Å²) in [7, 11) is 0. The lowest BCUT2D eigenvalue weighted by Gasteiger charge is -2.38. The van der Waals surface area contributed by atoms with Gasteiger partial charge in [-0.3, -0.25) is 38.8 Å². The first kappa shape index (κ1) is 27.8. The highest BCUT2D eigenvalue weighted by Gasteiger charge is 2.30. The van der Waals surface area contributed by atoms with E-state index < -0.39 is 48.0 Å². The monoisotopic (exact) mass is 460 g/mol. The summed E-state index contributed by atoms with van der Waals surface area (Å²) in [6, 6.07) is -3.31. The van der Waals surface area contributed by atoms with Crippen LogP contribution < -0.4 is 0 Å². The van der Waals surface area contributed by atoms with E-state index in [1.54, 1.807) is 47.3 Å². The molecule has 184 valence electrons. The summed E-state index contributed by atoms with van der Waals surface area (Å²) in [6.45, 7) is 8.35. The summed E-state index contributed by atoms with van der Waals surface area (Å²) in [5.41, 5.74) is 0. The zero-order chi connectivity index (χ0) is 24.6. The fourth-order valence-electron chi connectivity index (χ4n) is 3.65. The zero-order valence-electron chi connectivity index (χ0n) is 19.2. The Labute approximate surface area is 188 Å². The molecule has 32 heavy (non-hydrogen) atoms. The second-order valence-electron chi connectivity index (χ2n) is 8.20. The topological polar surface area (TPSA) is 162 Å². The Bertz CT molecular complexity index is 548. The minimum Gasteiger partial charge on any atom is -0.480 e. The third-order valence-corrected chi connectivity index (χ3v) is 6.32. The van der Waals surface area contributed by atoms with Crippen LogP contribution in [0.2, 0.25) is 0 Å². The fraction of sp³-hybridized carbons (Fsp3) is 0.800. The van der Waals surface area contributed by atoms with Crippen molar-refractivity contribution in [2.24, 2.45) is 0 Å². The van der Waals surface area contributed by atoms with Crippen molar-refractivity contribution in [1.29, 1.82) is 0 Å². The van der Waals surface area contributed by atoms with E-state index in [-0.39, 0.29) is 52.4 Å². The number of hydrogen-bond acceptors (Lipinski definition) is 8. The Kier molecular flexibility index (Phi) is 11.0. The van der Waals surface area contributed by atoms with Crippen LogP contribution in [0.15, 0.2) is 0 Å². The summed E-state index contributed by atoms with van der Waals surface area (Å²) in [4.78, 5) is 53.1. The molecule has 12 heteroatoms. The van der Waals surface area contributed by atoms with Gasteiger partial charge in [0.25, 0.3) is 0 Å². The first-order valence-electron chi connectivity index (χ1n) is 10.7. The van der Waals surface area contributed by atoms with Crippen LogP contribution in [-0.4, -0.2) is 140 Å². The van der Waals surface area contributed by atoms with Crippen molar-refractivity contribution in [3.05, 3.63) is 0 Å². The lowest BCUT2D eigenvalue weighted by molar-refractivity contribution is -0.147. The van der Waals surface area contributed by atoms with E-state index in [1.807, 2.05) is 0 Å². The quantitative estimate of drug-likeness (QED) is 0.354. The van der Waals surface area contributed by atoms with Gasteiger partial charge in [0.2, 0.25) is 0 Å². The van der Waals surface area contributed by atoms with Crippen molar-refractivity contribution >= 4 is 23.9 Å². The van der Waals surface area contributed by atoms with Crippen LogP contribution >= 0.6 is 0 Å². The Morgan fingerprint density at radius 2 is 0.562 bits per heavy atom. The van der Waals surface area contributed by atoms with Crippen LogP contribution in [0.5, 0.6) is 0 Å². The number of carboxylic acids is 4. The molecule has 4 N–H and O–H groups in total. The number of hydrogen-bond donors (Lipinski definition) is 4. The van der Waals surface area contributed by atoms with Crippen molar-refractivity contribution in [2.45, 2.75) is 51.9 Å². The molecule has 0 aromatic carbocycles. The van der Waals surface area contributed by atoms with Gasteiger partial charge in [-0.2, -0.15) is 0 Å². The number of nitrogens with zero attached hydrogens (tertiary/aromatic N) is 4. The normalized spacial score (nSPS) is 22.6. The van der Waals surface area contributed by atoms with Crippen molar-refractivity contribution in [3.8, 4) is 0 Å². The molecule has 4 atom stereocenters. The lowest BCUT2D eigenvalue weighted by Crippen LogP contribution is -2.55. The van der Waals surface area contributed by atoms with Gasteiger partial charge in [0, 0.05) is 52.4 Å². The van der Waals surface area contributed by atoms with Gasteiger partial charge < -0.3 is 20.4 Å². The van der Waals surface area contributed by atoms with E-state index in [9.17, 15) is 39.6 Å². The summed E-state index contributed by atoms with van der Waals surface area (Å²) in [6.07, 6.45) is 0. The molecule has 1 rings (SSSR count). The molecule has 0 radical (unpaired) electrons. The fourth-order valence-corrected chi connectivity index (χ4v) is 3.65. The molecule has 0 bridgehead atoms. The molecule has 0 spiro atoms. The molecule has 0 saturated carbocycles. The molecule has 0 aliphatic carbocycles. The molecule has 1 fully saturated rings. The van der Waals surface area contributed by atoms with Crippen molar-refractivity contribution in [3.63, 3.8) is 0 Å². The van der Waals surface area contributed by atoms with Gasteiger partial charge in [-0.15, -0.1) is 0 Å². The predicted octanol–water partition coefficient (Wildman–Crippen LogP) is -0.900. The summed E-state index contributed by atoms with van der Waals surface area (Å²) >= 11 is 0. The second-order valence-corrected chi connectivity index (χ2v) is 8.20. The SMILES string of the molecule is C[C@H](C(=O)O)N1CCN([C@H](C)C(=O)O)CCN([C@@H](C)C(=O)O)CCN([C@@H](C)C(=O)O)CC1. The molecular formula is C20H36N4O8. The average Bonchev–Trinajstić information content (AvgIpc) is 2.72. The van der Waals surface area contributed by atoms with Gasteiger partial charge in [0.05, 0.1) is 0 Å². The largest absolute Gasteiger partial charge is 0.480 e. The smallest absolute Gasteiger partial charge is 0.320 e. The number of carboxylic acid groups (broad SMARTS) is 4. The minimum absolute atomic E-state index is 0.273. The molecule has 0 unspecified atom stereocenters. The van der Waals surface area contributed by atoms with E-state index in [0.29, 0.717) is 0 Å². The summed E-state index contributed by atoms with van der Waals surface area (Å²) in [5.74, 6) is -4.08. The van der Waals surface area contributed by atoms with E-state index >= 15 is 0 Å². The molecule has 0 aromatic heterocycles. The predicted molar refractivity (Wildman–Crippen MR) is 115 cm³/mol. The summed E-state index contributed by atoms with van der Waals surface area (Å²) in [5, 5.41) is 37.9. The zero-order valence-corrected chi connectivity index (χ0v) is 19.2. The highest BCUT2D eigenvalue weighted by atomic mass is 16.4. The minimum atomic E-state index is -1.02. The van der Waals surface area contributed by atoms with Crippen LogP contribution in [0, 0.1) is 0 Å². The van der Waals surface area contributed by atoms with Gasteiger partial charge in [-0.1, -0.05) is 0 Å². The molecule has 1 saturated heterocycles.